The highest BCUT2D eigenvalue weighted by Crippen LogP contribution is 2.21. The monoisotopic (exact) mass is 544 g/mol. The molecule has 0 aliphatic heterocycles. The predicted octanol–water partition coefficient (Wildman–Crippen LogP) is 1.81. The molecule has 2 aromatic heterocycles. The summed E-state index contributed by atoms with van der Waals surface area (Å²) in [7, 11) is 0. The predicted molar refractivity (Wildman–Crippen MR) is 115 cm³/mol. The Labute approximate surface area is 190 Å². The summed E-state index contributed by atoms with van der Waals surface area (Å²) >= 11 is 8.02. The second-order valence-electron chi connectivity index (χ2n) is 6.18. The summed E-state index contributed by atoms with van der Waals surface area (Å²) < 4.78 is 13.0. The molecular formula is C18H18ClIN6O4. The number of benzene rings is 1. The number of nitrogens with one attached hydrogen (secondary N) is 2. The van der Waals surface area contributed by atoms with Gasteiger partial charge in [-0.25, -0.2) is 0 Å². The molecule has 0 unspecified atom stereocenters. The van der Waals surface area contributed by atoms with E-state index < -0.39 is 5.91 Å². The number of rotatable bonds is 9. The van der Waals surface area contributed by atoms with E-state index in [-0.39, 0.29) is 31.5 Å². The van der Waals surface area contributed by atoms with Gasteiger partial charge in [0, 0.05) is 24.3 Å². The van der Waals surface area contributed by atoms with Crippen LogP contribution in [0.3, 0.4) is 0 Å². The fourth-order valence-corrected chi connectivity index (χ4v) is 3.08. The van der Waals surface area contributed by atoms with Crippen molar-refractivity contribution in [3.8, 4) is 5.75 Å². The van der Waals surface area contributed by atoms with Gasteiger partial charge < -0.3 is 19.9 Å². The molecule has 0 bridgehead atoms. The van der Waals surface area contributed by atoms with Crippen molar-refractivity contribution in [1.29, 1.82) is 0 Å². The first-order valence-electron chi connectivity index (χ1n) is 8.85. The molecule has 3 rings (SSSR count). The number of carbonyl (C=O) groups is 2. The van der Waals surface area contributed by atoms with Crippen LogP contribution in [0, 0.1) is 10.5 Å². The molecule has 3 aromatic rings. The van der Waals surface area contributed by atoms with Gasteiger partial charge in [-0.1, -0.05) is 16.8 Å². The molecule has 0 atom stereocenters. The number of hydrogen-bond donors (Lipinski definition) is 2. The van der Waals surface area contributed by atoms with Crippen molar-refractivity contribution in [3.05, 3.63) is 56.5 Å². The van der Waals surface area contributed by atoms with Crippen LogP contribution in [0.4, 0.5) is 0 Å². The van der Waals surface area contributed by atoms with E-state index in [2.05, 4.69) is 48.5 Å². The van der Waals surface area contributed by atoms with Crippen molar-refractivity contribution in [2.75, 3.05) is 19.7 Å². The molecule has 12 heteroatoms. The third kappa shape index (κ3) is 6.42. The van der Waals surface area contributed by atoms with E-state index in [0.717, 1.165) is 9.13 Å². The highest BCUT2D eigenvalue weighted by atomic mass is 127. The van der Waals surface area contributed by atoms with Gasteiger partial charge in [-0.05, 0) is 53.3 Å². The van der Waals surface area contributed by atoms with Crippen molar-refractivity contribution in [2.24, 2.45) is 0 Å². The van der Waals surface area contributed by atoms with E-state index >= 15 is 0 Å². The van der Waals surface area contributed by atoms with Gasteiger partial charge in [-0.2, -0.15) is 10.1 Å². The Morgan fingerprint density at radius 1 is 1.30 bits per heavy atom. The molecule has 0 fully saturated rings. The molecular weight excluding hydrogens is 527 g/mol. The lowest BCUT2D eigenvalue weighted by Gasteiger charge is -2.10. The van der Waals surface area contributed by atoms with Crippen molar-refractivity contribution < 1.29 is 18.8 Å². The Hall–Kier alpha value is -2.67. The number of amides is 2. The van der Waals surface area contributed by atoms with Crippen LogP contribution in [-0.2, 0) is 11.3 Å². The molecule has 0 aliphatic rings. The van der Waals surface area contributed by atoms with Crippen LogP contribution in [0.5, 0.6) is 5.75 Å². The summed E-state index contributed by atoms with van der Waals surface area (Å²) in [6.07, 6.45) is 3.52. The zero-order valence-corrected chi connectivity index (χ0v) is 18.8. The second kappa shape index (κ2) is 10.4. The minimum absolute atomic E-state index is 0.143. The number of ether oxygens (including phenoxy) is 1. The summed E-state index contributed by atoms with van der Waals surface area (Å²) in [4.78, 5) is 28.0. The van der Waals surface area contributed by atoms with E-state index in [1.165, 1.54) is 0 Å². The normalized spacial score (nSPS) is 10.6. The van der Waals surface area contributed by atoms with E-state index in [1.54, 1.807) is 29.1 Å². The molecule has 0 spiro atoms. The fraction of sp³-hybridized carbons (Fsp3) is 0.278. The Bertz CT molecular complexity index is 1040. The van der Waals surface area contributed by atoms with Gasteiger partial charge in [0.05, 0.1) is 9.77 Å². The Balaban J connectivity index is 1.35. The Morgan fingerprint density at radius 2 is 2.10 bits per heavy atom. The summed E-state index contributed by atoms with van der Waals surface area (Å²) in [6.45, 7) is 2.41. The van der Waals surface area contributed by atoms with Crippen LogP contribution in [0.2, 0.25) is 5.02 Å². The molecule has 2 N–H and O–H groups in total. The van der Waals surface area contributed by atoms with Crippen molar-refractivity contribution >= 4 is 46.0 Å². The first-order valence-corrected chi connectivity index (χ1v) is 10.3. The summed E-state index contributed by atoms with van der Waals surface area (Å²) in [5.41, 5.74) is 0.837. The smallest absolute Gasteiger partial charge is 0.316 e. The van der Waals surface area contributed by atoms with Crippen LogP contribution in [0.1, 0.15) is 22.1 Å². The average molecular weight is 545 g/mol. The molecule has 0 saturated heterocycles. The molecule has 158 valence electrons. The first kappa shape index (κ1) is 22.0. The van der Waals surface area contributed by atoms with Crippen LogP contribution >= 0.6 is 34.2 Å². The highest BCUT2D eigenvalue weighted by molar-refractivity contribution is 14.1. The minimum Gasteiger partial charge on any atom is -0.484 e. The maximum atomic E-state index is 12.1. The van der Waals surface area contributed by atoms with Crippen LogP contribution < -0.4 is 15.4 Å². The maximum Gasteiger partial charge on any atom is 0.316 e. The van der Waals surface area contributed by atoms with Gasteiger partial charge in [0.25, 0.3) is 5.91 Å². The largest absolute Gasteiger partial charge is 0.484 e. The Kier molecular flexibility index (Phi) is 7.63. The first-order chi connectivity index (χ1) is 14.4. The molecule has 2 amide bonds. The number of aromatic nitrogens is 4. The molecule has 0 radical (unpaired) electrons. The molecule has 1 aromatic carbocycles. The van der Waals surface area contributed by atoms with Crippen molar-refractivity contribution in [3.63, 3.8) is 0 Å². The quantitative estimate of drug-likeness (QED) is 0.311. The lowest BCUT2D eigenvalue weighted by atomic mass is 10.2. The topological polar surface area (TPSA) is 124 Å². The minimum atomic E-state index is -0.522. The third-order valence-corrected chi connectivity index (χ3v) is 4.59. The van der Waals surface area contributed by atoms with E-state index in [4.69, 9.17) is 20.9 Å². The lowest BCUT2D eigenvalue weighted by molar-refractivity contribution is -0.123. The van der Waals surface area contributed by atoms with Gasteiger partial charge in [-0.3, -0.25) is 14.3 Å². The van der Waals surface area contributed by atoms with Crippen LogP contribution in [-0.4, -0.2) is 51.4 Å². The van der Waals surface area contributed by atoms with E-state index in [9.17, 15) is 9.59 Å². The van der Waals surface area contributed by atoms with Gasteiger partial charge in [0.2, 0.25) is 0 Å². The molecule has 0 aliphatic carbocycles. The SMILES string of the molecule is Cc1cc(Cl)ccc1OCC(=O)NCCNC(=O)c1nc(Cn2cc(I)cn2)no1. The number of aryl methyl sites for hydroxylation is 1. The maximum absolute atomic E-state index is 12.1. The number of carbonyl (C=O) groups excluding carboxylic acids is 2. The molecule has 30 heavy (non-hydrogen) atoms. The second-order valence-corrected chi connectivity index (χ2v) is 7.86. The molecule has 2 heterocycles. The number of halogens is 2. The summed E-state index contributed by atoms with van der Waals surface area (Å²) in [5, 5.41) is 13.7. The highest BCUT2D eigenvalue weighted by Gasteiger charge is 2.15. The van der Waals surface area contributed by atoms with Gasteiger partial charge in [0.15, 0.2) is 12.4 Å². The zero-order valence-electron chi connectivity index (χ0n) is 15.9. The standard InChI is InChI=1S/C18H18ClIN6O4/c1-11-6-12(19)2-3-14(11)29-10-16(27)21-4-5-22-17(28)18-24-15(25-30-18)9-26-8-13(20)7-23-26/h2-3,6-8H,4-5,9-10H2,1H3,(H,21,27)(H,22,28). The summed E-state index contributed by atoms with van der Waals surface area (Å²) in [6, 6.07) is 5.15. The number of nitrogens with zero attached hydrogens (tertiary/aromatic N) is 4. The van der Waals surface area contributed by atoms with Crippen LogP contribution in [0.15, 0.2) is 35.1 Å². The third-order valence-electron chi connectivity index (χ3n) is 3.80. The molecule has 10 nitrogen and oxygen atoms in total. The zero-order chi connectivity index (χ0) is 21.5. The van der Waals surface area contributed by atoms with Crippen LogP contribution in [0.25, 0.3) is 0 Å². The van der Waals surface area contributed by atoms with E-state index in [0.29, 0.717) is 23.1 Å². The number of hydrogen-bond acceptors (Lipinski definition) is 7. The molecule has 0 saturated carbocycles. The Morgan fingerprint density at radius 3 is 2.83 bits per heavy atom. The summed E-state index contributed by atoms with van der Waals surface area (Å²) in [5.74, 6) is -0.0687. The average Bonchev–Trinajstić information content (AvgIpc) is 3.33. The van der Waals surface area contributed by atoms with Crippen molar-refractivity contribution in [1.82, 2.24) is 30.6 Å². The van der Waals surface area contributed by atoms with Gasteiger partial charge in [-0.15, -0.1) is 0 Å². The fourth-order valence-electron chi connectivity index (χ4n) is 2.40. The van der Waals surface area contributed by atoms with Crippen molar-refractivity contribution in [2.45, 2.75) is 13.5 Å². The van der Waals surface area contributed by atoms with Gasteiger partial charge in [0.1, 0.15) is 12.3 Å². The van der Waals surface area contributed by atoms with E-state index in [1.807, 2.05) is 13.1 Å². The van der Waals surface area contributed by atoms with Gasteiger partial charge >= 0.3 is 11.8 Å². The lowest BCUT2D eigenvalue weighted by Crippen LogP contribution is -2.36.